The molecule has 0 bridgehead atoms. The fourth-order valence-electron chi connectivity index (χ4n) is 3.51. The summed E-state index contributed by atoms with van der Waals surface area (Å²) in [7, 11) is 0. The lowest BCUT2D eigenvalue weighted by atomic mass is 10.0. The van der Waals surface area contributed by atoms with Crippen LogP contribution in [0.1, 0.15) is 43.7 Å². The lowest BCUT2D eigenvalue weighted by Gasteiger charge is -2.27. The van der Waals surface area contributed by atoms with Crippen molar-refractivity contribution in [3.63, 3.8) is 0 Å². The molecule has 1 aliphatic carbocycles. The van der Waals surface area contributed by atoms with E-state index < -0.39 is 5.97 Å². The van der Waals surface area contributed by atoms with Gasteiger partial charge in [0.05, 0.1) is 12.0 Å². The van der Waals surface area contributed by atoms with E-state index in [4.69, 9.17) is 5.11 Å². The normalized spacial score (nSPS) is 29.8. The number of nitrogens with zero attached hydrogens (tertiary/aromatic N) is 1. The van der Waals surface area contributed by atoms with Crippen molar-refractivity contribution < 1.29 is 14.7 Å². The number of rotatable bonds is 3. The van der Waals surface area contributed by atoms with Crippen LogP contribution in [0, 0.1) is 11.8 Å². The molecule has 4 nitrogen and oxygen atoms in total. The van der Waals surface area contributed by atoms with Crippen LogP contribution in [0.3, 0.4) is 0 Å². The number of hydrogen-bond donors (Lipinski definition) is 1. The highest BCUT2D eigenvalue weighted by atomic mass is 32.1. The minimum Gasteiger partial charge on any atom is -0.481 e. The second kappa shape index (κ2) is 5.56. The lowest BCUT2D eigenvalue weighted by Crippen LogP contribution is -2.35. The van der Waals surface area contributed by atoms with Crippen LogP contribution in [0.25, 0.3) is 0 Å². The van der Waals surface area contributed by atoms with Gasteiger partial charge in [-0.2, -0.15) is 11.3 Å². The fraction of sp³-hybridized carbons (Fsp3) is 0.600. The molecule has 5 heteroatoms. The number of amides is 1. The summed E-state index contributed by atoms with van der Waals surface area (Å²) in [6.45, 7) is 0.813. The Hall–Kier alpha value is -1.36. The minimum absolute atomic E-state index is 0.0877. The van der Waals surface area contributed by atoms with Crippen molar-refractivity contribution in [2.24, 2.45) is 11.8 Å². The quantitative estimate of drug-likeness (QED) is 0.932. The van der Waals surface area contributed by atoms with Crippen molar-refractivity contribution in [1.29, 1.82) is 0 Å². The number of aliphatic carboxylic acids is 1. The first-order valence-corrected chi connectivity index (χ1v) is 8.16. The van der Waals surface area contributed by atoms with E-state index in [9.17, 15) is 9.59 Å². The molecule has 0 aromatic carbocycles. The van der Waals surface area contributed by atoms with Gasteiger partial charge < -0.3 is 10.0 Å². The molecule has 1 unspecified atom stereocenters. The van der Waals surface area contributed by atoms with E-state index >= 15 is 0 Å². The highest BCUT2D eigenvalue weighted by Gasteiger charge is 2.39. The first kappa shape index (κ1) is 13.6. The Bertz CT molecular complexity index is 499. The first-order valence-electron chi connectivity index (χ1n) is 7.22. The number of thiophene rings is 1. The molecule has 1 N–H and O–H groups in total. The lowest BCUT2D eigenvalue weighted by molar-refractivity contribution is -0.141. The van der Waals surface area contributed by atoms with E-state index in [1.54, 1.807) is 11.3 Å². The Balaban J connectivity index is 1.69. The maximum atomic E-state index is 12.7. The molecule has 1 amide bonds. The molecular formula is C15H19NO3S. The van der Waals surface area contributed by atoms with Gasteiger partial charge in [-0.25, -0.2) is 0 Å². The molecular weight excluding hydrogens is 274 g/mol. The minimum atomic E-state index is -0.754. The molecule has 2 heterocycles. The molecule has 1 saturated heterocycles. The van der Waals surface area contributed by atoms with E-state index in [0.29, 0.717) is 12.8 Å². The van der Waals surface area contributed by atoms with Crippen molar-refractivity contribution in [3.8, 4) is 0 Å². The average Bonchev–Trinajstić information content (AvgIpc) is 3.17. The summed E-state index contributed by atoms with van der Waals surface area (Å²) < 4.78 is 0. The summed E-state index contributed by atoms with van der Waals surface area (Å²) in [4.78, 5) is 25.7. The van der Waals surface area contributed by atoms with Gasteiger partial charge in [-0.1, -0.05) is 0 Å². The van der Waals surface area contributed by atoms with Gasteiger partial charge in [0.25, 0.3) is 0 Å². The van der Waals surface area contributed by atoms with Gasteiger partial charge in [-0.15, -0.1) is 0 Å². The largest absolute Gasteiger partial charge is 0.481 e. The number of carbonyl (C=O) groups is 2. The van der Waals surface area contributed by atoms with Gasteiger partial charge in [-0.05, 0) is 54.5 Å². The topological polar surface area (TPSA) is 57.6 Å². The summed E-state index contributed by atoms with van der Waals surface area (Å²) in [6.07, 6.45) is 3.95. The Morgan fingerprint density at radius 1 is 1.25 bits per heavy atom. The van der Waals surface area contributed by atoms with E-state index in [-0.39, 0.29) is 23.8 Å². The van der Waals surface area contributed by atoms with Crippen LogP contribution in [0.4, 0.5) is 0 Å². The van der Waals surface area contributed by atoms with Crippen molar-refractivity contribution in [2.45, 2.75) is 38.1 Å². The van der Waals surface area contributed by atoms with Crippen LogP contribution >= 0.6 is 11.3 Å². The zero-order chi connectivity index (χ0) is 14.1. The molecule has 3 atom stereocenters. The molecule has 1 aliphatic heterocycles. The van der Waals surface area contributed by atoms with Crippen molar-refractivity contribution in [2.75, 3.05) is 6.54 Å². The number of hydrogen-bond acceptors (Lipinski definition) is 3. The summed E-state index contributed by atoms with van der Waals surface area (Å²) in [5.41, 5.74) is 1.23. The van der Waals surface area contributed by atoms with Crippen LogP contribution in [-0.4, -0.2) is 28.4 Å². The molecule has 2 aliphatic rings. The maximum Gasteiger partial charge on any atom is 0.306 e. The molecule has 0 radical (unpaired) electrons. The van der Waals surface area contributed by atoms with Crippen LogP contribution in [-0.2, 0) is 9.59 Å². The smallest absolute Gasteiger partial charge is 0.306 e. The Morgan fingerprint density at radius 2 is 2.05 bits per heavy atom. The zero-order valence-electron chi connectivity index (χ0n) is 11.3. The second-order valence-corrected chi connectivity index (χ2v) is 6.57. The number of likely N-dealkylation sites (tertiary alicyclic amines) is 1. The molecule has 2 fully saturated rings. The highest BCUT2D eigenvalue weighted by molar-refractivity contribution is 7.07. The Labute approximate surface area is 122 Å². The molecule has 20 heavy (non-hydrogen) atoms. The van der Waals surface area contributed by atoms with Crippen LogP contribution in [0.2, 0.25) is 0 Å². The molecule has 1 aromatic heterocycles. The molecule has 3 rings (SSSR count). The third-order valence-corrected chi connectivity index (χ3v) is 5.30. The van der Waals surface area contributed by atoms with E-state index in [1.807, 2.05) is 10.3 Å². The molecule has 0 spiro atoms. The van der Waals surface area contributed by atoms with Crippen LogP contribution < -0.4 is 0 Å². The van der Waals surface area contributed by atoms with E-state index in [0.717, 1.165) is 25.8 Å². The summed E-state index contributed by atoms with van der Waals surface area (Å²) >= 11 is 1.66. The fourth-order valence-corrected chi connectivity index (χ4v) is 4.21. The average molecular weight is 293 g/mol. The number of carbonyl (C=O) groups excluding carboxylic acids is 1. The predicted octanol–water partition coefficient (Wildman–Crippen LogP) is 2.91. The van der Waals surface area contributed by atoms with Gasteiger partial charge in [0.2, 0.25) is 5.91 Å². The Kier molecular flexibility index (Phi) is 3.78. The van der Waals surface area contributed by atoms with Crippen molar-refractivity contribution in [3.05, 3.63) is 22.4 Å². The summed E-state index contributed by atoms with van der Waals surface area (Å²) in [5.74, 6) is -1.000. The highest BCUT2D eigenvalue weighted by Crippen LogP contribution is 2.38. The number of carboxylic acid groups (broad SMARTS) is 1. The van der Waals surface area contributed by atoms with E-state index in [1.165, 1.54) is 5.56 Å². The monoisotopic (exact) mass is 293 g/mol. The standard InChI is InChI=1S/C15H19NO3S/c17-14(10-3-4-11(8-10)15(18)19)16-6-1-2-13(16)12-5-7-20-9-12/h5,7,9-11,13H,1-4,6,8H2,(H,18,19)/t10-,11+,13?/m0/s1. The van der Waals surface area contributed by atoms with Gasteiger partial charge in [-0.3, -0.25) is 9.59 Å². The van der Waals surface area contributed by atoms with Gasteiger partial charge >= 0.3 is 5.97 Å². The second-order valence-electron chi connectivity index (χ2n) is 5.79. The zero-order valence-corrected chi connectivity index (χ0v) is 12.1. The maximum absolute atomic E-state index is 12.7. The van der Waals surface area contributed by atoms with E-state index in [2.05, 4.69) is 11.4 Å². The van der Waals surface area contributed by atoms with Crippen molar-refractivity contribution in [1.82, 2.24) is 4.90 Å². The molecule has 1 saturated carbocycles. The van der Waals surface area contributed by atoms with Crippen LogP contribution in [0.5, 0.6) is 0 Å². The van der Waals surface area contributed by atoms with Gasteiger partial charge in [0, 0.05) is 12.5 Å². The van der Waals surface area contributed by atoms with Crippen LogP contribution in [0.15, 0.2) is 16.8 Å². The first-order chi connectivity index (χ1) is 9.66. The molecule has 108 valence electrons. The summed E-state index contributed by atoms with van der Waals surface area (Å²) in [5, 5.41) is 13.2. The van der Waals surface area contributed by atoms with Gasteiger partial charge in [0.1, 0.15) is 0 Å². The van der Waals surface area contributed by atoms with Crippen molar-refractivity contribution >= 4 is 23.2 Å². The Morgan fingerprint density at radius 3 is 2.70 bits per heavy atom. The molecule has 1 aromatic rings. The van der Waals surface area contributed by atoms with Gasteiger partial charge in [0.15, 0.2) is 0 Å². The summed E-state index contributed by atoms with van der Waals surface area (Å²) in [6, 6.07) is 2.30. The third-order valence-electron chi connectivity index (χ3n) is 4.59. The third kappa shape index (κ3) is 2.46. The SMILES string of the molecule is O=C(O)[C@@H]1CC[C@H](C(=O)N2CCCC2c2ccsc2)C1. The predicted molar refractivity (Wildman–Crippen MR) is 76.5 cm³/mol. The number of carboxylic acids is 1.